The zero-order chi connectivity index (χ0) is 16.9. The van der Waals surface area contributed by atoms with Gasteiger partial charge in [-0.25, -0.2) is 0 Å². The Morgan fingerprint density at radius 1 is 1.33 bits per heavy atom. The van der Waals surface area contributed by atoms with Crippen LogP contribution in [0.15, 0.2) is 10.9 Å². The first-order valence-electron chi connectivity index (χ1n) is 8.14. The fourth-order valence-electron chi connectivity index (χ4n) is 2.74. The summed E-state index contributed by atoms with van der Waals surface area (Å²) in [6.07, 6.45) is 5.05. The van der Waals surface area contributed by atoms with Crippen LogP contribution < -0.4 is 10.9 Å². The van der Waals surface area contributed by atoms with E-state index >= 15 is 0 Å². The van der Waals surface area contributed by atoms with Gasteiger partial charge in [-0.2, -0.15) is 0 Å². The minimum absolute atomic E-state index is 0.122. The largest absolute Gasteiger partial charge is 0.374 e. The lowest BCUT2D eigenvalue weighted by Gasteiger charge is -2.07. The Hall–Kier alpha value is -2.06. The topological polar surface area (TPSA) is 97.0 Å². The van der Waals surface area contributed by atoms with E-state index in [2.05, 4.69) is 20.5 Å². The predicted molar refractivity (Wildman–Crippen MR) is 91.5 cm³/mol. The van der Waals surface area contributed by atoms with Crippen molar-refractivity contribution in [1.82, 2.24) is 15.2 Å². The number of nitrogens with one attached hydrogen (secondary N) is 2. The molecule has 0 aromatic carbocycles. The van der Waals surface area contributed by atoms with E-state index < -0.39 is 5.91 Å². The van der Waals surface area contributed by atoms with Gasteiger partial charge in [-0.1, -0.05) is 17.8 Å². The van der Waals surface area contributed by atoms with Crippen LogP contribution in [0.3, 0.4) is 0 Å². The van der Waals surface area contributed by atoms with E-state index in [9.17, 15) is 9.59 Å². The summed E-state index contributed by atoms with van der Waals surface area (Å²) in [5.74, 6) is -0.456. The Kier molecular flexibility index (Phi) is 5.37. The molecule has 2 aromatic rings. The molecular weight excluding hydrogens is 328 g/mol. The zero-order valence-electron chi connectivity index (χ0n) is 13.6. The molecule has 0 aliphatic heterocycles. The third-order valence-electron chi connectivity index (χ3n) is 3.95. The number of hydrogen-bond donors (Lipinski definition) is 2. The molecule has 0 radical (unpaired) electrons. The Balaban J connectivity index is 1.76. The van der Waals surface area contributed by atoms with Gasteiger partial charge in [0.1, 0.15) is 17.2 Å². The van der Waals surface area contributed by atoms with Crippen LogP contribution >= 0.6 is 11.3 Å². The molecule has 7 nitrogen and oxygen atoms in total. The zero-order valence-corrected chi connectivity index (χ0v) is 14.4. The molecule has 2 heterocycles. The number of H-pyrrole nitrogens is 1. The van der Waals surface area contributed by atoms with Crippen molar-refractivity contribution in [3.63, 3.8) is 0 Å². The normalized spacial score (nSPS) is 14.0. The first-order chi connectivity index (χ1) is 11.7. The fourth-order valence-corrected chi connectivity index (χ4v) is 3.41. The monoisotopic (exact) mass is 348 g/mol. The average molecular weight is 348 g/mol. The second kappa shape index (κ2) is 7.67. The van der Waals surface area contributed by atoms with Crippen molar-refractivity contribution in [3.8, 4) is 0 Å². The summed E-state index contributed by atoms with van der Waals surface area (Å²) in [5.41, 5.74) is 1.79. The first-order valence-corrected chi connectivity index (χ1v) is 8.95. The Bertz CT molecular complexity index is 784. The van der Waals surface area contributed by atoms with Gasteiger partial charge >= 0.3 is 0 Å². The van der Waals surface area contributed by atoms with Crippen molar-refractivity contribution in [3.05, 3.63) is 38.2 Å². The summed E-state index contributed by atoms with van der Waals surface area (Å²) < 4.78 is 5.26. The van der Waals surface area contributed by atoms with E-state index in [0.717, 1.165) is 43.4 Å². The highest BCUT2D eigenvalue weighted by Crippen LogP contribution is 2.20. The molecule has 128 valence electrons. The second-order valence-electron chi connectivity index (χ2n) is 5.67. The molecule has 0 saturated carbocycles. The van der Waals surface area contributed by atoms with Crippen molar-refractivity contribution >= 4 is 22.4 Å². The standard InChI is InChI=1S/C16H20N4O3S/c1-2-23-9-13-19-20-16(24-13)18-15(22)11-8-10-6-4-3-5-7-12(10)17-14(11)21/h8H,2-7,9H2,1H3,(H,17,21)(H,18,20,22). The first kappa shape index (κ1) is 16.8. The van der Waals surface area contributed by atoms with Crippen LogP contribution in [0.2, 0.25) is 0 Å². The summed E-state index contributed by atoms with van der Waals surface area (Å²) in [4.78, 5) is 27.5. The predicted octanol–water partition coefficient (Wildman–Crippen LogP) is 2.28. The van der Waals surface area contributed by atoms with Gasteiger partial charge in [0.15, 0.2) is 0 Å². The Morgan fingerprint density at radius 2 is 2.17 bits per heavy atom. The van der Waals surface area contributed by atoms with Crippen LogP contribution in [0.5, 0.6) is 0 Å². The lowest BCUT2D eigenvalue weighted by molar-refractivity contribution is 0.102. The number of amides is 1. The smallest absolute Gasteiger partial charge is 0.263 e. The highest BCUT2D eigenvalue weighted by Gasteiger charge is 2.17. The molecule has 0 unspecified atom stereocenters. The number of anilines is 1. The average Bonchev–Trinajstić information content (AvgIpc) is 2.88. The number of ether oxygens (including phenoxy) is 1. The number of nitrogens with zero attached hydrogens (tertiary/aromatic N) is 2. The van der Waals surface area contributed by atoms with E-state index in [4.69, 9.17) is 4.74 Å². The number of aromatic nitrogens is 3. The van der Waals surface area contributed by atoms with Gasteiger partial charge in [0, 0.05) is 12.3 Å². The van der Waals surface area contributed by atoms with Gasteiger partial charge in [-0.05, 0) is 44.2 Å². The number of hydrogen-bond acceptors (Lipinski definition) is 6. The van der Waals surface area contributed by atoms with Gasteiger partial charge in [-0.3, -0.25) is 14.9 Å². The number of carbonyl (C=O) groups is 1. The summed E-state index contributed by atoms with van der Waals surface area (Å²) >= 11 is 1.24. The van der Waals surface area contributed by atoms with Crippen LogP contribution in [0.4, 0.5) is 5.13 Å². The van der Waals surface area contributed by atoms with E-state index in [-0.39, 0.29) is 11.1 Å². The van der Waals surface area contributed by atoms with Gasteiger partial charge in [0.2, 0.25) is 5.13 Å². The summed E-state index contributed by atoms with van der Waals surface area (Å²) in [6.45, 7) is 2.85. The van der Waals surface area contributed by atoms with Crippen molar-refractivity contribution in [1.29, 1.82) is 0 Å². The highest BCUT2D eigenvalue weighted by molar-refractivity contribution is 7.15. The SMILES string of the molecule is CCOCc1nnc(NC(=O)c2cc3c([nH]c2=O)CCCCC3)s1. The maximum atomic E-state index is 12.4. The van der Waals surface area contributed by atoms with Crippen molar-refractivity contribution in [2.75, 3.05) is 11.9 Å². The minimum atomic E-state index is -0.456. The lowest BCUT2D eigenvalue weighted by Crippen LogP contribution is -2.25. The molecule has 2 N–H and O–H groups in total. The maximum absolute atomic E-state index is 12.4. The van der Waals surface area contributed by atoms with Crippen molar-refractivity contribution < 1.29 is 9.53 Å². The summed E-state index contributed by atoms with van der Waals surface area (Å²) in [7, 11) is 0. The number of fused-ring (bicyclic) bond motifs is 1. The van der Waals surface area contributed by atoms with Crippen molar-refractivity contribution in [2.45, 2.75) is 45.6 Å². The van der Waals surface area contributed by atoms with E-state index in [1.807, 2.05) is 6.92 Å². The molecule has 0 saturated heterocycles. The molecule has 2 aromatic heterocycles. The molecule has 8 heteroatoms. The minimum Gasteiger partial charge on any atom is -0.374 e. The molecular formula is C16H20N4O3S. The highest BCUT2D eigenvalue weighted by atomic mass is 32.1. The molecule has 0 spiro atoms. The quantitative estimate of drug-likeness (QED) is 0.808. The van der Waals surface area contributed by atoms with Crippen molar-refractivity contribution in [2.24, 2.45) is 0 Å². The molecule has 24 heavy (non-hydrogen) atoms. The van der Waals surface area contributed by atoms with Crippen LogP contribution in [0, 0.1) is 0 Å². The molecule has 1 amide bonds. The van der Waals surface area contributed by atoms with Crippen LogP contribution in [-0.2, 0) is 24.2 Å². The number of aryl methyl sites for hydroxylation is 2. The summed E-state index contributed by atoms with van der Waals surface area (Å²) in [6, 6.07) is 1.72. The Labute approximate surface area is 143 Å². The van der Waals surface area contributed by atoms with Gasteiger partial charge in [0.25, 0.3) is 11.5 Å². The van der Waals surface area contributed by atoms with E-state index in [0.29, 0.717) is 23.4 Å². The van der Waals surface area contributed by atoms with Crippen LogP contribution in [-0.4, -0.2) is 27.7 Å². The third-order valence-corrected chi connectivity index (χ3v) is 4.76. The molecule has 0 atom stereocenters. The molecule has 0 fully saturated rings. The van der Waals surface area contributed by atoms with Gasteiger partial charge < -0.3 is 9.72 Å². The molecule has 3 rings (SSSR count). The molecule has 1 aliphatic rings. The van der Waals surface area contributed by atoms with E-state index in [1.165, 1.54) is 11.3 Å². The number of aromatic amines is 1. The van der Waals surface area contributed by atoms with Gasteiger partial charge in [0.05, 0.1) is 0 Å². The lowest BCUT2D eigenvalue weighted by atomic mass is 10.1. The maximum Gasteiger partial charge on any atom is 0.263 e. The number of carbonyl (C=O) groups excluding carboxylic acids is 1. The summed E-state index contributed by atoms with van der Waals surface area (Å²) in [5, 5.41) is 11.6. The fraction of sp³-hybridized carbons (Fsp3) is 0.500. The molecule has 1 aliphatic carbocycles. The Morgan fingerprint density at radius 3 is 3.00 bits per heavy atom. The van der Waals surface area contributed by atoms with Crippen LogP contribution in [0.25, 0.3) is 0 Å². The number of pyridine rings is 1. The molecule has 0 bridgehead atoms. The number of rotatable bonds is 5. The van der Waals surface area contributed by atoms with Crippen LogP contribution in [0.1, 0.15) is 52.8 Å². The third kappa shape index (κ3) is 3.88. The second-order valence-corrected chi connectivity index (χ2v) is 6.73. The van der Waals surface area contributed by atoms with E-state index in [1.54, 1.807) is 6.07 Å². The van der Waals surface area contributed by atoms with Gasteiger partial charge in [-0.15, -0.1) is 10.2 Å².